The molecule has 6 heteroatoms. The largest absolute Gasteiger partial charge is 0.352 e. The zero-order valence-electron chi connectivity index (χ0n) is 12.2. The highest BCUT2D eigenvalue weighted by Crippen LogP contribution is 2.16. The third kappa shape index (κ3) is 4.81. The number of halogens is 1. The van der Waals surface area contributed by atoms with Crippen LogP contribution in [0, 0.1) is 13.8 Å². The zero-order chi connectivity index (χ0) is 14.5. The number of nitrogens with one attached hydrogen (secondary N) is 1. The number of carbonyl (C=O) groups is 1. The second-order valence-corrected chi connectivity index (χ2v) is 5.94. The molecule has 0 aliphatic carbocycles. The molecule has 0 aliphatic rings. The summed E-state index contributed by atoms with van der Waals surface area (Å²) in [5.74, 6) is -0.0569. The van der Waals surface area contributed by atoms with E-state index in [1.165, 1.54) is 4.88 Å². The minimum absolute atomic E-state index is 0. The van der Waals surface area contributed by atoms with Crippen LogP contribution in [0.2, 0.25) is 0 Å². The molecule has 1 amide bonds. The lowest BCUT2D eigenvalue weighted by molar-refractivity contribution is 0.0954. The second-order valence-electron chi connectivity index (χ2n) is 4.66. The van der Waals surface area contributed by atoms with E-state index in [-0.39, 0.29) is 18.3 Å². The van der Waals surface area contributed by atoms with Crippen LogP contribution in [0.4, 0.5) is 0 Å². The fourth-order valence-electron chi connectivity index (χ4n) is 1.82. The van der Waals surface area contributed by atoms with E-state index >= 15 is 0 Å². The molecule has 21 heavy (non-hydrogen) atoms. The lowest BCUT2D eigenvalue weighted by Crippen LogP contribution is -2.25. The van der Waals surface area contributed by atoms with Gasteiger partial charge in [-0.1, -0.05) is 12.1 Å². The summed E-state index contributed by atoms with van der Waals surface area (Å²) in [6.45, 7) is 5.16. The molecule has 0 atom stereocenters. The predicted molar refractivity (Wildman–Crippen MR) is 89.2 cm³/mol. The lowest BCUT2D eigenvalue weighted by atomic mass is 10.1. The number of aromatic nitrogens is 1. The smallest absolute Gasteiger partial charge is 0.251 e. The molecule has 114 valence electrons. The third-order valence-corrected chi connectivity index (χ3v) is 4.28. The number of hydrogen-bond donors (Lipinski definition) is 2. The summed E-state index contributed by atoms with van der Waals surface area (Å²) in [6, 6.07) is 7.36. The number of nitrogens with zero attached hydrogens (tertiary/aromatic N) is 1. The number of nitrogens with two attached hydrogens (primary N) is 1. The van der Waals surface area contributed by atoms with Crippen molar-refractivity contribution in [3.63, 3.8) is 0 Å². The van der Waals surface area contributed by atoms with Gasteiger partial charge in [-0.3, -0.25) is 4.79 Å². The molecule has 0 saturated carbocycles. The van der Waals surface area contributed by atoms with Gasteiger partial charge in [0.25, 0.3) is 5.91 Å². The van der Waals surface area contributed by atoms with Crippen LogP contribution in [-0.2, 0) is 13.0 Å². The molecular weight excluding hydrogens is 306 g/mol. The molecule has 0 fully saturated rings. The highest BCUT2D eigenvalue weighted by Gasteiger charge is 2.07. The minimum Gasteiger partial charge on any atom is -0.352 e. The number of benzene rings is 1. The van der Waals surface area contributed by atoms with Gasteiger partial charge in [0.05, 0.1) is 10.7 Å². The molecule has 1 heterocycles. The molecule has 2 rings (SSSR count). The summed E-state index contributed by atoms with van der Waals surface area (Å²) in [5, 5.41) is 3.98. The Balaban J connectivity index is 0.00000220. The van der Waals surface area contributed by atoms with Gasteiger partial charge in [0, 0.05) is 30.0 Å². The van der Waals surface area contributed by atoms with Crippen LogP contribution in [0.3, 0.4) is 0 Å². The van der Waals surface area contributed by atoms with Gasteiger partial charge >= 0.3 is 0 Å². The summed E-state index contributed by atoms with van der Waals surface area (Å²) in [7, 11) is 0. The maximum absolute atomic E-state index is 11.9. The molecule has 0 aliphatic heterocycles. The van der Waals surface area contributed by atoms with E-state index in [2.05, 4.69) is 17.2 Å². The summed E-state index contributed by atoms with van der Waals surface area (Å²) in [5.41, 5.74) is 8.29. The van der Waals surface area contributed by atoms with Gasteiger partial charge in [-0.25, -0.2) is 4.98 Å². The topological polar surface area (TPSA) is 68.0 Å². The average Bonchev–Trinajstić information content (AvgIpc) is 2.77. The maximum atomic E-state index is 11.9. The van der Waals surface area contributed by atoms with E-state index in [1.807, 2.05) is 19.1 Å². The maximum Gasteiger partial charge on any atom is 0.251 e. The monoisotopic (exact) mass is 325 g/mol. The number of aryl methyl sites for hydroxylation is 2. The Labute approximate surface area is 135 Å². The van der Waals surface area contributed by atoms with Crippen LogP contribution in [0.25, 0.3) is 0 Å². The lowest BCUT2D eigenvalue weighted by Gasteiger charge is -2.04. The number of hydrogen-bond acceptors (Lipinski definition) is 4. The second kappa shape index (κ2) is 8.12. The zero-order valence-corrected chi connectivity index (χ0v) is 13.8. The van der Waals surface area contributed by atoms with Gasteiger partial charge in [-0.2, -0.15) is 0 Å². The van der Waals surface area contributed by atoms with Crippen LogP contribution >= 0.6 is 23.7 Å². The van der Waals surface area contributed by atoms with Crippen molar-refractivity contribution in [2.24, 2.45) is 5.73 Å². The van der Waals surface area contributed by atoms with Gasteiger partial charge in [0.2, 0.25) is 0 Å². The van der Waals surface area contributed by atoms with E-state index < -0.39 is 0 Å². The summed E-state index contributed by atoms with van der Waals surface area (Å²) in [4.78, 5) is 17.6. The molecule has 2 aromatic rings. The normalized spacial score (nSPS) is 10.0. The quantitative estimate of drug-likeness (QED) is 0.888. The van der Waals surface area contributed by atoms with Crippen molar-refractivity contribution < 1.29 is 4.79 Å². The van der Waals surface area contributed by atoms with Gasteiger partial charge in [0.15, 0.2) is 0 Å². The summed E-state index contributed by atoms with van der Waals surface area (Å²) >= 11 is 1.69. The number of thiazole rings is 1. The van der Waals surface area contributed by atoms with Crippen LogP contribution in [-0.4, -0.2) is 17.4 Å². The Hall–Kier alpha value is -1.43. The van der Waals surface area contributed by atoms with Crippen molar-refractivity contribution in [3.05, 3.63) is 51.0 Å². The van der Waals surface area contributed by atoms with E-state index in [4.69, 9.17) is 5.73 Å². The Kier molecular flexibility index (Phi) is 6.81. The van der Waals surface area contributed by atoms with Crippen LogP contribution < -0.4 is 11.1 Å². The van der Waals surface area contributed by atoms with Gasteiger partial charge in [-0.05, 0) is 31.5 Å². The molecular formula is C15H20ClN3OS. The first-order valence-electron chi connectivity index (χ1n) is 6.60. The fraction of sp³-hybridized carbons (Fsp3) is 0.333. The van der Waals surface area contributed by atoms with Crippen LogP contribution in [0.1, 0.15) is 31.5 Å². The van der Waals surface area contributed by atoms with Crippen molar-refractivity contribution in [2.45, 2.75) is 26.8 Å². The summed E-state index contributed by atoms with van der Waals surface area (Å²) < 4.78 is 0. The Morgan fingerprint density at radius 3 is 2.48 bits per heavy atom. The van der Waals surface area contributed by atoms with Crippen molar-refractivity contribution >= 4 is 29.7 Å². The highest BCUT2D eigenvalue weighted by molar-refractivity contribution is 7.11. The van der Waals surface area contributed by atoms with Crippen molar-refractivity contribution in [1.29, 1.82) is 0 Å². The predicted octanol–water partition coefficient (Wildman–Crippen LogP) is 2.61. The van der Waals surface area contributed by atoms with Crippen LogP contribution in [0.15, 0.2) is 24.3 Å². The average molecular weight is 326 g/mol. The third-order valence-electron chi connectivity index (χ3n) is 3.15. The van der Waals surface area contributed by atoms with E-state index in [0.717, 1.165) is 22.7 Å². The first-order valence-corrected chi connectivity index (χ1v) is 7.42. The van der Waals surface area contributed by atoms with E-state index in [9.17, 15) is 4.79 Å². The molecule has 0 bridgehead atoms. The number of carbonyl (C=O) groups excluding carboxylic acids is 1. The van der Waals surface area contributed by atoms with Gasteiger partial charge in [-0.15, -0.1) is 23.7 Å². The molecule has 0 unspecified atom stereocenters. The van der Waals surface area contributed by atoms with Gasteiger partial charge < -0.3 is 11.1 Å². The SMILES string of the molecule is Cc1nc(CCNC(=O)c2ccc(CN)cc2)sc1C.Cl. The van der Waals surface area contributed by atoms with Crippen molar-refractivity contribution in [1.82, 2.24) is 10.3 Å². The molecule has 0 radical (unpaired) electrons. The Morgan fingerprint density at radius 1 is 1.29 bits per heavy atom. The van der Waals surface area contributed by atoms with E-state index in [1.54, 1.807) is 23.5 Å². The summed E-state index contributed by atoms with van der Waals surface area (Å²) in [6.07, 6.45) is 0.770. The van der Waals surface area contributed by atoms with Crippen molar-refractivity contribution in [3.8, 4) is 0 Å². The molecule has 3 N–H and O–H groups in total. The fourth-order valence-corrected chi connectivity index (χ4v) is 2.76. The minimum atomic E-state index is -0.0569. The first-order chi connectivity index (χ1) is 9.60. The molecule has 4 nitrogen and oxygen atoms in total. The highest BCUT2D eigenvalue weighted by atomic mass is 35.5. The number of amides is 1. The Morgan fingerprint density at radius 2 is 1.95 bits per heavy atom. The first kappa shape index (κ1) is 17.6. The van der Waals surface area contributed by atoms with Crippen molar-refractivity contribution in [2.75, 3.05) is 6.54 Å². The molecule has 1 aromatic carbocycles. The molecule has 0 spiro atoms. The van der Waals surface area contributed by atoms with Gasteiger partial charge in [0.1, 0.15) is 0 Å². The molecule has 1 aromatic heterocycles. The molecule has 0 saturated heterocycles. The number of rotatable bonds is 5. The Bertz CT molecular complexity index is 576. The van der Waals surface area contributed by atoms with E-state index in [0.29, 0.717) is 18.7 Å². The van der Waals surface area contributed by atoms with Crippen LogP contribution in [0.5, 0.6) is 0 Å². The standard InChI is InChI=1S/C15H19N3OS.ClH/c1-10-11(2)20-14(18-10)7-8-17-15(19)13-5-3-12(9-16)4-6-13;/h3-6H,7-9,16H2,1-2H3,(H,17,19);1H.